The van der Waals surface area contributed by atoms with Crippen LogP contribution in [-0.4, -0.2) is 75.3 Å². The number of esters is 2. The number of rotatable bonds is 9. The van der Waals surface area contributed by atoms with Crippen molar-refractivity contribution >= 4 is 27.9 Å². The Bertz CT molecular complexity index is 1060. The van der Waals surface area contributed by atoms with Gasteiger partial charge in [0.05, 0.1) is 41.2 Å². The Balaban J connectivity index is 1.35. The van der Waals surface area contributed by atoms with E-state index in [-0.39, 0.29) is 53.2 Å². The van der Waals surface area contributed by atoms with Gasteiger partial charge in [0.2, 0.25) is 0 Å². The summed E-state index contributed by atoms with van der Waals surface area (Å²) in [7, 11) is 0. The predicted molar refractivity (Wildman–Crippen MR) is 168 cm³/mol. The highest BCUT2D eigenvalue weighted by Crippen LogP contribution is 2.49. The molecule has 0 bridgehead atoms. The molecule has 43 heavy (non-hydrogen) atoms. The lowest BCUT2D eigenvalue weighted by Gasteiger charge is -2.55. The van der Waals surface area contributed by atoms with Crippen LogP contribution in [0.4, 0.5) is 0 Å². The molecule has 4 aliphatic heterocycles. The first-order valence-electron chi connectivity index (χ1n) is 16.2. The van der Waals surface area contributed by atoms with Crippen LogP contribution in [0.1, 0.15) is 127 Å². The summed E-state index contributed by atoms with van der Waals surface area (Å²) in [5.41, 5.74) is -1.40. The Morgan fingerprint density at radius 2 is 1.56 bits per heavy atom. The second-order valence-electron chi connectivity index (χ2n) is 15.1. The van der Waals surface area contributed by atoms with Gasteiger partial charge in [0.15, 0.2) is 0 Å². The van der Waals surface area contributed by atoms with E-state index in [1.807, 2.05) is 20.8 Å². The molecule has 0 aromatic rings. The zero-order valence-electron chi connectivity index (χ0n) is 27.9. The minimum atomic E-state index is -0.774. The van der Waals surface area contributed by atoms with Gasteiger partial charge in [-0.3, -0.25) is 9.59 Å². The van der Waals surface area contributed by atoms with Crippen molar-refractivity contribution in [1.82, 2.24) is 0 Å². The summed E-state index contributed by atoms with van der Waals surface area (Å²) in [6, 6.07) is 0. The zero-order valence-corrected chi connectivity index (χ0v) is 29.5. The lowest BCUT2D eigenvalue weighted by atomic mass is 9.76. The van der Waals surface area contributed by atoms with E-state index in [0.29, 0.717) is 30.5 Å². The molecule has 0 aliphatic carbocycles. The third-order valence-corrected chi connectivity index (χ3v) is 12.1. The molecular formula is C34H55BrO8. The molecule has 9 atom stereocenters. The SMILES string of the molecule is C=C(CC[C@H](OC(C)=O)[C@@]1(C)CC[C@H](C(C)(C)OC(C)=O)O1)[C@H]1CC[C@H]2O[C@@H]([C@]3(C)CC[C@@H](Br)C(C)(C)O3)CC[C@]2(C)O1. The normalized spacial score (nSPS) is 40.3. The van der Waals surface area contributed by atoms with E-state index in [2.05, 4.69) is 50.2 Å². The van der Waals surface area contributed by atoms with E-state index >= 15 is 0 Å². The van der Waals surface area contributed by atoms with Crippen LogP contribution in [0.3, 0.4) is 0 Å². The number of carbonyl (C=O) groups excluding carboxylic acids is 2. The van der Waals surface area contributed by atoms with Gasteiger partial charge in [-0.2, -0.15) is 0 Å². The van der Waals surface area contributed by atoms with Crippen LogP contribution >= 0.6 is 15.9 Å². The summed E-state index contributed by atoms with van der Waals surface area (Å²) >= 11 is 3.80. The molecule has 0 radical (unpaired) electrons. The smallest absolute Gasteiger partial charge is 0.303 e. The second kappa shape index (κ2) is 12.7. The third-order valence-electron chi connectivity index (χ3n) is 10.5. The van der Waals surface area contributed by atoms with Crippen molar-refractivity contribution in [2.75, 3.05) is 0 Å². The first-order valence-corrected chi connectivity index (χ1v) is 17.1. The Morgan fingerprint density at radius 3 is 2.19 bits per heavy atom. The standard InChI is InChI=1S/C34H55BrO8/c1-21(11-13-27(38-22(2)36)33(9)19-16-26(42-33)31(6,7)40-23(3)37)24-12-14-28-32(8,41-24)20-17-29(39-28)34(10)18-15-25(35)30(4,5)43-34/h24-29H,1,11-20H2,2-10H3/t24-,25-,26-,27+,28-,29-,32+,33-,34+/m1/s1. The maximum atomic E-state index is 12.1. The number of fused-ring (bicyclic) bond motifs is 1. The van der Waals surface area contributed by atoms with Gasteiger partial charge in [0.25, 0.3) is 0 Å². The number of hydrogen-bond acceptors (Lipinski definition) is 8. The van der Waals surface area contributed by atoms with Crippen molar-refractivity contribution in [2.24, 2.45) is 0 Å². The number of alkyl halides is 1. The lowest BCUT2D eigenvalue weighted by Crippen LogP contribution is -2.62. The highest BCUT2D eigenvalue weighted by molar-refractivity contribution is 9.09. The lowest BCUT2D eigenvalue weighted by molar-refractivity contribution is -0.285. The highest BCUT2D eigenvalue weighted by Gasteiger charge is 2.54. The molecule has 0 aromatic carbocycles. The van der Waals surface area contributed by atoms with Crippen molar-refractivity contribution < 1.29 is 38.0 Å². The molecule has 246 valence electrons. The van der Waals surface area contributed by atoms with Gasteiger partial charge in [-0.25, -0.2) is 0 Å². The molecule has 0 amide bonds. The Labute approximate surface area is 267 Å². The largest absolute Gasteiger partial charge is 0.459 e. The minimum absolute atomic E-state index is 0.0117. The summed E-state index contributed by atoms with van der Waals surface area (Å²) in [5, 5.41) is 0. The van der Waals surface area contributed by atoms with E-state index < -0.39 is 17.3 Å². The average Bonchev–Trinajstić information content (AvgIpc) is 3.31. The quantitative estimate of drug-likeness (QED) is 0.145. The Morgan fingerprint density at radius 1 is 0.907 bits per heavy atom. The number of ether oxygens (including phenoxy) is 6. The zero-order chi connectivity index (χ0) is 32.0. The first kappa shape index (κ1) is 34.9. The van der Waals surface area contributed by atoms with Crippen molar-refractivity contribution in [3.05, 3.63) is 12.2 Å². The fourth-order valence-corrected chi connectivity index (χ4v) is 8.14. The van der Waals surface area contributed by atoms with Gasteiger partial charge < -0.3 is 28.4 Å². The maximum Gasteiger partial charge on any atom is 0.303 e. The third kappa shape index (κ3) is 7.70. The second-order valence-corrected chi connectivity index (χ2v) is 16.2. The molecule has 0 spiro atoms. The fraction of sp³-hybridized carbons (Fsp3) is 0.882. The van der Waals surface area contributed by atoms with Crippen LogP contribution in [0, 0.1) is 0 Å². The molecule has 4 rings (SSSR count). The van der Waals surface area contributed by atoms with Crippen LogP contribution in [0.25, 0.3) is 0 Å². The van der Waals surface area contributed by atoms with Gasteiger partial charge in [-0.05, 0) is 118 Å². The molecule has 0 aromatic heterocycles. The van der Waals surface area contributed by atoms with E-state index in [1.165, 1.54) is 13.8 Å². The Kier molecular flexibility index (Phi) is 10.3. The first-order chi connectivity index (χ1) is 19.8. The van der Waals surface area contributed by atoms with E-state index in [4.69, 9.17) is 28.4 Å². The summed E-state index contributed by atoms with van der Waals surface area (Å²) in [4.78, 5) is 24.1. The predicted octanol–water partition coefficient (Wildman–Crippen LogP) is 7.13. The molecule has 0 saturated carbocycles. The summed E-state index contributed by atoms with van der Waals surface area (Å²) < 4.78 is 38.1. The summed E-state index contributed by atoms with van der Waals surface area (Å²) in [6.07, 6.45) is 7.43. The van der Waals surface area contributed by atoms with E-state index in [1.54, 1.807) is 0 Å². The molecule has 0 N–H and O–H groups in total. The van der Waals surface area contributed by atoms with Gasteiger partial charge in [0.1, 0.15) is 17.3 Å². The van der Waals surface area contributed by atoms with Crippen LogP contribution in [0.2, 0.25) is 0 Å². The van der Waals surface area contributed by atoms with Gasteiger partial charge in [-0.15, -0.1) is 0 Å². The summed E-state index contributed by atoms with van der Waals surface area (Å²) in [6.45, 7) is 21.7. The minimum Gasteiger partial charge on any atom is -0.459 e. The molecule has 0 unspecified atom stereocenters. The van der Waals surface area contributed by atoms with Crippen molar-refractivity contribution in [3.8, 4) is 0 Å². The number of carbonyl (C=O) groups is 2. The van der Waals surface area contributed by atoms with Crippen LogP contribution in [0.5, 0.6) is 0 Å². The number of hydrogen-bond donors (Lipinski definition) is 0. The fourth-order valence-electron chi connectivity index (χ4n) is 7.81. The Hall–Kier alpha value is -1.00. The highest BCUT2D eigenvalue weighted by atomic mass is 79.9. The number of halogens is 1. The van der Waals surface area contributed by atoms with Gasteiger partial charge in [0, 0.05) is 18.7 Å². The topological polar surface area (TPSA) is 89.5 Å². The van der Waals surface area contributed by atoms with Crippen LogP contribution < -0.4 is 0 Å². The molecular weight excluding hydrogens is 616 g/mol. The van der Waals surface area contributed by atoms with Gasteiger partial charge >= 0.3 is 11.9 Å². The van der Waals surface area contributed by atoms with Crippen molar-refractivity contribution in [2.45, 2.75) is 190 Å². The maximum absolute atomic E-state index is 12.1. The van der Waals surface area contributed by atoms with Crippen LogP contribution in [0.15, 0.2) is 12.2 Å². The van der Waals surface area contributed by atoms with E-state index in [9.17, 15) is 9.59 Å². The monoisotopic (exact) mass is 670 g/mol. The molecule has 4 saturated heterocycles. The van der Waals surface area contributed by atoms with Crippen LogP contribution in [-0.2, 0) is 38.0 Å². The molecule has 4 fully saturated rings. The molecule has 4 aliphatic rings. The molecule has 8 nitrogen and oxygen atoms in total. The molecule has 9 heteroatoms. The summed E-state index contributed by atoms with van der Waals surface area (Å²) in [5.74, 6) is -0.683. The van der Waals surface area contributed by atoms with Gasteiger partial charge in [-0.1, -0.05) is 22.5 Å². The van der Waals surface area contributed by atoms with Crippen molar-refractivity contribution in [1.29, 1.82) is 0 Å². The average molecular weight is 672 g/mol. The van der Waals surface area contributed by atoms with Crippen molar-refractivity contribution in [3.63, 3.8) is 0 Å². The van der Waals surface area contributed by atoms with E-state index in [0.717, 1.165) is 44.1 Å². The molecule has 4 heterocycles.